The second kappa shape index (κ2) is 8.67. The SMILES string of the molecule is Cc1ccc(N2CCCC(NC(=O)CC(C)C3CCCNC3)C2=O)cc1. The highest BCUT2D eigenvalue weighted by Crippen LogP contribution is 2.24. The van der Waals surface area contributed by atoms with E-state index >= 15 is 0 Å². The van der Waals surface area contributed by atoms with Crippen molar-refractivity contribution in [2.45, 2.75) is 52.0 Å². The van der Waals surface area contributed by atoms with Gasteiger partial charge in [0.25, 0.3) is 0 Å². The lowest BCUT2D eigenvalue weighted by molar-refractivity contribution is -0.129. The molecule has 5 nitrogen and oxygen atoms in total. The number of hydrogen-bond acceptors (Lipinski definition) is 3. The molecule has 0 aliphatic carbocycles. The van der Waals surface area contributed by atoms with Crippen LogP contribution in [0.15, 0.2) is 24.3 Å². The molecule has 5 heteroatoms. The Morgan fingerprint density at radius 3 is 2.73 bits per heavy atom. The summed E-state index contributed by atoms with van der Waals surface area (Å²) in [7, 11) is 0. The van der Waals surface area contributed by atoms with Crippen molar-refractivity contribution in [1.29, 1.82) is 0 Å². The van der Waals surface area contributed by atoms with E-state index in [2.05, 4.69) is 17.6 Å². The molecule has 2 heterocycles. The number of amides is 2. The number of rotatable bonds is 5. The van der Waals surface area contributed by atoms with Gasteiger partial charge in [0.05, 0.1) is 0 Å². The molecule has 26 heavy (non-hydrogen) atoms. The van der Waals surface area contributed by atoms with Gasteiger partial charge in [0.2, 0.25) is 11.8 Å². The highest BCUT2D eigenvalue weighted by Gasteiger charge is 2.31. The van der Waals surface area contributed by atoms with E-state index < -0.39 is 6.04 Å². The molecule has 2 aliphatic heterocycles. The molecular formula is C21H31N3O2. The highest BCUT2D eigenvalue weighted by atomic mass is 16.2. The van der Waals surface area contributed by atoms with E-state index in [1.807, 2.05) is 36.1 Å². The van der Waals surface area contributed by atoms with Crippen LogP contribution in [0.4, 0.5) is 5.69 Å². The van der Waals surface area contributed by atoms with Crippen LogP contribution in [0.2, 0.25) is 0 Å². The average Bonchev–Trinajstić information content (AvgIpc) is 2.65. The first kappa shape index (κ1) is 18.9. The lowest BCUT2D eigenvalue weighted by Gasteiger charge is -2.33. The summed E-state index contributed by atoms with van der Waals surface area (Å²) in [5.41, 5.74) is 2.09. The Hall–Kier alpha value is -1.88. The van der Waals surface area contributed by atoms with E-state index in [0.29, 0.717) is 18.3 Å². The number of carbonyl (C=O) groups excluding carboxylic acids is 2. The summed E-state index contributed by atoms with van der Waals surface area (Å²) in [6, 6.07) is 7.61. The van der Waals surface area contributed by atoms with Crippen LogP contribution in [0.3, 0.4) is 0 Å². The van der Waals surface area contributed by atoms with Crippen LogP contribution in [-0.4, -0.2) is 37.5 Å². The number of nitrogens with zero attached hydrogens (tertiary/aromatic N) is 1. The van der Waals surface area contributed by atoms with Crippen LogP contribution >= 0.6 is 0 Å². The first-order valence-corrected chi connectivity index (χ1v) is 9.92. The topological polar surface area (TPSA) is 61.4 Å². The highest BCUT2D eigenvalue weighted by molar-refractivity contribution is 5.99. The van der Waals surface area contributed by atoms with Crippen molar-refractivity contribution in [2.24, 2.45) is 11.8 Å². The zero-order valence-electron chi connectivity index (χ0n) is 16.0. The standard InChI is InChI=1S/C21H31N3O2/c1-15-7-9-18(10-8-15)24-12-4-6-19(21(24)26)23-20(25)13-16(2)17-5-3-11-22-14-17/h7-10,16-17,19,22H,3-6,11-14H2,1-2H3,(H,23,25). The Morgan fingerprint density at radius 1 is 1.27 bits per heavy atom. The van der Waals surface area contributed by atoms with Gasteiger partial charge in [0, 0.05) is 18.7 Å². The van der Waals surface area contributed by atoms with Crippen LogP contribution < -0.4 is 15.5 Å². The third-order valence-corrected chi connectivity index (χ3v) is 5.77. The van der Waals surface area contributed by atoms with Crippen molar-refractivity contribution in [3.8, 4) is 0 Å². The molecule has 0 saturated carbocycles. The number of carbonyl (C=O) groups is 2. The fourth-order valence-corrected chi connectivity index (χ4v) is 4.07. The quantitative estimate of drug-likeness (QED) is 0.852. The van der Waals surface area contributed by atoms with Crippen LogP contribution in [0.1, 0.15) is 44.6 Å². The molecular weight excluding hydrogens is 326 g/mol. The number of anilines is 1. The van der Waals surface area contributed by atoms with Crippen molar-refractivity contribution < 1.29 is 9.59 Å². The van der Waals surface area contributed by atoms with Crippen LogP contribution in [0.5, 0.6) is 0 Å². The Kier molecular flexibility index (Phi) is 6.30. The summed E-state index contributed by atoms with van der Waals surface area (Å²) in [5, 5.41) is 6.41. The summed E-state index contributed by atoms with van der Waals surface area (Å²) >= 11 is 0. The Bertz CT molecular complexity index is 623. The number of aryl methyl sites for hydroxylation is 1. The van der Waals surface area contributed by atoms with E-state index in [0.717, 1.165) is 38.2 Å². The minimum atomic E-state index is -0.394. The Labute approximate surface area is 156 Å². The van der Waals surface area contributed by atoms with E-state index in [9.17, 15) is 9.59 Å². The van der Waals surface area contributed by atoms with Crippen LogP contribution in [0.25, 0.3) is 0 Å². The smallest absolute Gasteiger partial charge is 0.249 e. The lowest BCUT2D eigenvalue weighted by atomic mass is 9.85. The zero-order valence-corrected chi connectivity index (χ0v) is 16.0. The first-order valence-electron chi connectivity index (χ1n) is 9.92. The molecule has 3 rings (SSSR count). The van der Waals surface area contributed by atoms with Gasteiger partial charge >= 0.3 is 0 Å². The predicted molar refractivity (Wildman–Crippen MR) is 104 cm³/mol. The van der Waals surface area contributed by atoms with E-state index in [1.54, 1.807) is 0 Å². The first-order chi connectivity index (χ1) is 12.5. The Balaban J connectivity index is 1.55. The molecule has 3 unspecified atom stereocenters. The molecule has 1 aromatic carbocycles. The minimum absolute atomic E-state index is 0.00665. The molecule has 2 N–H and O–H groups in total. The van der Waals surface area contributed by atoms with Gasteiger partial charge in [-0.15, -0.1) is 0 Å². The van der Waals surface area contributed by atoms with Gasteiger partial charge in [-0.2, -0.15) is 0 Å². The molecule has 0 radical (unpaired) electrons. The van der Waals surface area contributed by atoms with E-state index in [4.69, 9.17) is 0 Å². The second-order valence-electron chi connectivity index (χ2n) is 7.88. The number of hydrogen-bond donors (Lipinski definition) is 2. The van der Waals surface area contributed by atoms with Gasteiger partial charge in [-0.05, 0) is 69.7 Å². The summed E-state index contributed by atoms with van der Waals surface area (Å²) in [4.78, 5) is 27.1. The average molecular weight is 357 g/mol. The molecule has 142 valence electrons. The number of benzene rings is 1. The minimum Gasteiger partial charge on any atom is -0.344 e. The summed E-state index contributed by atoms with van der Waals surface area (Å²) in [6.45, 7) is 6.99. The second-order valence-corrected chi connectivity index (χ2v) is 7.88. The predicted octanol–water partition coefficient (Wildman–Crippen LogP) is 2.63. The van der Waals surface area contributed by atoms with Crippen molar-refractivity contribution in [2.75, 3.05) is 24.5 Å². The van der Waals surface area contributed by atoms with Crippen molar-refractivity contribution in [3.63, 3.8) is 0 Å². The molecule has 3 atom stereocenters. The normalized spacial score (nSPS) is 25.0. The maximum absolute atomic E-state index is 12.8. The molecule has 2 fully saturated rings. The van der Waals surface area contributed by atoms with E-state index in [-0.39, 0.29) is 11.8 Å². The number of piperidine rings is 2. The molecule has 2 amide bonds. The molecule has 0 spiro atoms. The summed E-state index contributed by atoms with van der Waals surface area (Å²) in [5.74, 6) is 0.919. The van der Waals surface area contributed by atoms with Crippen molar-refractivity contribution in [1.82, 2.24) is 10.6 Å². The van der Waals surface area contributed by atoms with Crippen molar-refractivity contribution >= 4 is 17.5 Å². The largest absolute Gasteiger partial charge is 0.344 e. The van der Waals surface area contributed by atoms with Crippen LogP contribution in [-0.2, 0) is 9.59 Å². The maximum Gasteiger partial charge on any atom is 0.249 e. The summed E-state index contributed by atoms with van der Waals surface area (Å²) in [6.07, 6.45) is 4.51. The van der Waals surface area contributed by atoms with Crippen LogP contribution in [0, 0.1) is 18.8 Å². The van der Waals surface area contributed by atoms with E-state index in [1.165, 1.54) is 18.4 Å². The van der Waals surface area contributed by atoms with Gasteiger partial charge in [-0.25, -0.2) is 0 Å². The van der Waals surface area contributed by atoms with Gasteiger partial charge in [0.15, 0.2) is 0 Å². The monoisotopic (exact) mass is 357 g/mol. The fraction of sp³-hybridized carbons (Fsp3) is 0.619. The third-order valence-electron chi connectivity index (χ3n) is 5.77. The van der Waals surface area contributed by atoms with Gasteiger partial charge in [-0.1, -0.05) is 24.6 Å². The molecule has 2 aliphatic rings. The third kappa shape index (κ3) is 4.64. The Morgan fingerprint density at radius 2 is 2.04 bits per heavy atom. The zero-order chi connectivity index (χ0) is 18.5. The lowest BCUT2D eigenvalue weighted by Crippen LogP contribution is -2.52. The fourth-order valence-electron chi connectivity index (χ4n) is 4.07. The number of nitrogens with one attached hydrogen (secondary N) is 2. The maximum atomic E-state index is 12.8. The van der Waals surface area contributed by atoms with Gasteiger partial charge < -0.3 is 15.5 Å². The molecule has 0 aromatic heterocycles. The van der Waals surface area contributed by atoms with Crippen molar-refractivity contribution in [3.05, 3.63) is 29.8 Å². The molecule has 1 aromatic rings. The summed E-state index contributed by atoms with van der Waals surface area (Å²) < 4.78 is 0. The van der Waals surface area contributed by atoms with Gasteiger partial charge in [-0.3, -0.25) is 9.59 Å². The van der Waals surface area contributed by atoms with Gasteiger partial charge in [0.1, 0.15) is 6.04 Å². The molecule has 2 saturated heterocycles. The molecule has 0 bridgehead atoms.